The highest BCUT2D eigenvalue weighted by Gasteiger charge is 2.45. The van der Waals surface area contributed by atoms with Crippen LogP contribution in [0.1, 0.15) is 23.9 Å². The molecular weight excluding hydrogens is 290 g/mol. The minimum atomic E-state index is -0.330. The molecule has 0 saturated carbocycles. The summed E-state index contributed by atoms with van der Waals surface area (Å²) >= 11 is 1.49. The molecular formula is C13H13N5O2S. The first-order valence-electron chi connectivity index (χ1n) is 6.76. The van der Waals surface area contributed by atoms with Gasteiger partial charge in [0.05, 0.1) is 12.1 Å². The van der Waals surface area contributed by atoms with E-state index in [0.29, 0.717) is 6.54 Å². The Labute approximate surface area is 124 Å². The van der Waals surface area contributed by atoms with Crippen LogP contribution < -0.4 is 0 Å². The number of hydrogen-bond donors (Lipinski definition) is 1. The Morgan fingerprint density at radius 3 is 2.86 bits per heavy atom. The van der Waals surface area contributed by atoms with E-state index in [-0.39, 0.29) is 18.1 Å². The maximum atomic E-state index is 12.0. The average molecular weight is 303 g/mol. The average Bonchev–Trinajstić information content (AvgIpc) is 3.10. The van der Waals surface area contributed by atoms with Crippen LogP contribution in [0.25, 0.3) is 10.6 Å². The summed E-state index contributed by atoms with van der Waals surface area (Å²) in [6.07, 6.45) is 5.02. The van der Waals surface area contributed by atoms with Crippen molar-refractivity contribution in [1.29, 1.82) is 0 Å². The van der Waals surface area contributed by atoms with Crippen molar-refractivity contribution in [3.63, 3.8) is 0 Å². The van der Waals surface area contributed by atoms with Gasteiger partial charge in [-0.1, -0.05) is 11.3 Å². The Hall–Kier alpha value is -2.06. The summed E-state index contributed by atoms with van der Waals surface area (Å²) in [5.74, 6) is 0. The van der Waals surface area contributed by atoms with E-state index >= 15 is 0 Å². The zero-order chi connectivity index (χ0) is 14.4. The molecule has 1 N–H and O–H groups in total. The maximum Gasteiger partial charge on any atom is 0.344 e. The van der Waals surface area contributed by atoms with Crippen molar-refractivity contribution in [2.24, 2.45) is 0 Å². The third-order valence-electron chi connectivity index (χ3n) is 4.00. The van der Waals surface area contributed by atoms with Crippen LogP contribution in [0.2, 0.25) is 0 Å². The van der Waals surface area contributed by atoms with Gasteiger partial charge in [0.25, 0.3) is 0 Å². The number of hydroxylamine groups is 2. The summed E-state index contributed by atoms with van der Waals surface area (Å²) < 4.78 is 0. The van der Waals surface area contributed by atoms with Gasteiger partial charge in [-0.15, -0.1) is 10.2 Å². The van der Waals surface area contributed by atoms with Crippen LogP contribution in [0.3, 0.4) is 0 Å². The lowest BCUT2D eigenvalue weighted by Crippen LogP contribution is -2.33. The van der Waals surface area contributed by atoms with Crippen LogP contribution >= 0.6 is 11.3 Å². The summed E-state index contributed by atoms with van der Waals surface area (Å²) in [5.41, 5.74) is 0.971. The topological polar surface area (TPSA) is 82.5 Å². The standard InChI is InChI=1S/C13H13N5O2S/c19-13-17-7-9(18(13)20)1-2-10(17)12-16-15-11(21-12)8-3-5-14-6-4-8/h3-6,9-10,20H,1-2,7H2/t9-,10-/m0/s1. The first-order chi connectivity index (χ1) is 10.2. The van der Waals surface area contributed by atoms with E-state index in [4.69, 9.17) is 0 Å². The van der Waals surface area contributed by atoms with Crippen LogP contribution in [0.4, 0.5) is 4.79 Å². The van der Waals surface area contributed by atoms with Crippen molar-refractivity contribution < 1.29 is 10.0 Å². The monoisotopic (exact) mass is 303 g/mol. The van der Waals surface area contributed by atoms with Crippen molar-refractivity contribution in [3.05, 3.63) is 29.5 Å². The van der Waals surface area contributed by atoms with E-state index in [1.807, 2.05) is 12.1 Å². The second-order valence-electron chi connectivity index (χ2n) is 5.21. The third kappa shape index (κ3) is 1.98. The number of carbonyl (C=O) groups excluding carboxylic acids is 1. The molecule has 2 aliphatic heterocycles. The molecule has 4 rings (SSSR count). The molecule has 2 aromatic heterocycles. The number of carbonyl (C=O) groups is 1. The number of fused-ring (bicyclic) bond motifs is 2. The summed E-state index contributed by atoms with van der Waals surface area (Å²) in [5, 5.41) is 20.7. The summed E-state index contributed by atoms with van der Waals surface area (Å²) in [7, 11) is 0. The fourth-order valence-electron chi connectivity index (χ4n) is 2.89. The minimum Gasteiger partial charge on any atom is -0.311 e. The normalized spacial score (nSPS) is 24.7. The fourth-order valence-corrected chi connectivity index (χ4v) is 3.88. The highest BCUT2D eigenvalue weighted by atomic mass is 32.1. The molecule has 7 nitrogen and oxygen atoms in total. The minimum absolute atomic E-state index is 0.0821. The SMILES string of the molecule is O=C1N(O)[C@H]2CC[C@@H](c3nnc(-c4ccncc4)s3)N1C2. The van der Waals surface area contributed by atoms with Crippen molar-refractivity contribution in [2.75, 3.05) is 6.54 Å². The lowest BCUT2D eigenvalue weighted by atomic mass is 10.0. The van der Waals surface area contributed by atoms with E-state index < -0.39 is 0 Å². The zero-order valence-corrected chi connectivity index (χ0v) is 11.9. The number of piperidine rings is 1. The smallest absolute Gasteiger partial charge is 0.311 e. The highest BCUT2D eigenvalue weighted by Crippen LogP contribution is 2.39. The zero-order valence-electron chi connectivity index (χ0n) is 11.1. The molecule has 0 aromatic carbocycles. The van der Waals surface area contributed by atoms with Gasteiger partial charge in [-0.2, -0.15) is 0 Å². The fraction of sp³-hybridized carbons (Fsp3) is 0.385. The van der Waals surface area contributed by atoms with Crippen LogP contribution in [0.15, 0.2) is 24.5 Å². The molecule has 0 radical (unpaired) electrons. The number of rotatable bonds is 2. The second-order valence-corrected chi connectivity index (χ2v) is 6.22. The maximum absolute atomic E-state index is 12.0. The second kappa shape index (κ2) is 4.74. The number of aromatic nitrogens is 3. The molecule has 21 heavy (non-hydrogen) atoms. The molecule has 2 aromatic rings. The lowest BCUT2D eigenvalue weighted by molar-refractivity contribution is -0.0584. The van der Waals surface area contributed by atoms with Gasteiger partial charge in [0.2, 0.25) is 0 Å². The van der Waals surface area contributed by atoms with Gasteiger partial charge in [-0.25, -0.2) is 9.86 Å². The molecule has 2 atom stereocenters. The third-order valence-corrected chi connectivity index (χ3v) is 5.07. The molecule has 0 spiro atoms. The Bertz CT molecular complexity index is 676. The van der Waals surface area contributed by atoms with E-state index in [1.54, 1.807) is 17.3 Å². The Morgan fingerprint density at radius 2 is 2.05 bits per heavy atom. The summed E-state index contributed by atoms with van der Waals surface area (Å²) in [6.45, 7) is 0.560. The first kappa shape index (κ1) is 12.7. The van der Waals surface area contributed by atoms with E-state index in [1.165, 1.54) is 11.3 Å². The molecule has 2 aliphatic rings. The van der Waals surface area contributed by atoms with Gasteiger partial charge in [0.15, 0.2) is 0 Å². The van der Waals surface area contributed by atoms with Crippen LogP contribution in [0.5, 0.6) is 0 Å². The predicted molar refractivity (Wildman–Crippen MR) is 74.6 cm³/mol. The van der Waals surface area contributed by atoms with Gasteiger partial charge in [-0.05, 0) is 25.0 Å². The van der Waals surface area contributed by atoms with Gasteiger partial charge in [-0.3, -0.25) is 10.2 Å². The highest BCUT2D eigenvalue weighted by molar-refractivity contribution is 7.14. The summed E-state index contributed by atoms with van der Waals surface area (Å²) in [4.78, 5) is 17.7. The molecule has 2 bridgehead atoms. The van der Waals surface area contributed by atoms with Gasteiger partial charge >= 0.3 is 6.03 Å². The Morgan fingerprint density at radius 1 is 1.24 bits per heavy atom. The predicted octanol–water partition coefficient (Wildman–Crippen LogP) is 1.93. The number of hydrogen-bond acceptors (Lipinski definition) is 6. The molecule has 2 amide bonds. The number of amides is 2. The van der Waals surface area contributed by atoms with E-state index in [0.717, 1.165) is 33.5 Å². The molecule has 108 valence electrons. The number of pyridine rings is 1. The number of urea groups is 1. The molecule has 8 heteroatoms. The first-order valence-corrected chi connectivity index (χ1v) is 7.58. The molecule has 4 heterocycles. The van der Waals surface area contributed by atoms with E-state index in [9.17, 15) is 10.0 Å². The van der Waals surface area contributed by atoms with Crippen molar-refractivity contribution in [2.45, 2.75) is 24.9 Å². The molecule has 0 unspecified atom stereocenters. The van der Waals surface area contributed by atoms with Crippen molar-refractivity contribution in [1.82, 2.24) is 25.1 Å². The van der Waals surface area contributed by atoms with Crippen LogP contribution in [0, 0.1) is 0 Å². The van der Waals surface area contributed by atoms with Crippen LogP contribution in [-0.4, -0.2) is 49.0 Å². The molecule has 2 fully saturated rings. The van der Waals surface area contributed by atoms with Gasteiger partial charge in [0.1, 0.15) is 10.0 Å². The largest absolute Gasteiger partial charge is 0.344 e. The molecule has 2 saturated heterocycles. The van der Waals surface area contributed by atoms with Gasteiger partial charge < -0.3 is 4.90 Å². The van der Waals surface area contributed by atoms with Crippen LogP contribution in [-0.2, 0) is 0 Å². The van der Waals surface area contributed by atoms with E-state index in [2.05, 4.69) is 15.2 Å². The Balaban J connectivity index is 1.63. The van der Waals surface area contributed by atoms with Crippen molar-refractivity contribution >= 4 is 17.4 Å². The molecule has 0 aliphatic carbocycles. The summed E-state index contributed by atoms with van der Waals surface area (Å²) in [6, 6.07) is 3.28. The quantitative estimate of drug-likeness (QED) is 0.857. The van der Waals surface area contributed by atoms with Gasteiger partial charge in [0, 0.05) is 24.5 Å². The Kier molecular flexibility index (Phi) is 2.86. The van der Waals surface area contributed by atoms with Crippen molar-refractivity contribution in [3.8, 4) is 10.6 Å². The number of nitrogens with zero attached hydrogens (tertiary/aromatic N) is 5. The lowest BCUT2D eigenvalue weighted by Gasteiger charge is -2.28.